The number of ether oxygens (including phenoxy) is 3. The molecule has 0 radical (unpaired) electrons. The fourth-order valence-electron chi connectivity index (χ4n) is 2.52. The molecule has 2 rings (SSSR count). The molecule has 0 fully saturated rings. The van der Waals surface area contributed by atoms with Gasteiger partial charge in [0.2, 0.25) is 0 Å². The SMILES string of the molecule is COCCN(Cc1ccc(OC)cc1)C(=S)Nc1cc(C)ccc1OC. The van der Waals surface area contributed by atoms with Gasteiger partial charge in [0.25, 0.3) is 0 Å². The molecule has 0 heterocycles. The number of nitrogens with one attached hydrogen (secondary N) is 1. The van der Waals surface area contributed by atoms with Crippen LogP contribution in [0.25, 0.3) is 0 Å². The maximum Gasteiger partial charge on any atom is 0.173 e. The van der Waals surface area contributed by atoms with E-state index in [1.807, 2.05) is 49.4 Å². The Labute approximate surface area is 160 Å². The summed E-state index contributed by atoms with van der Waals surface area (Å²) in [5, 5.41) is 3.93. The van der Waals surface area contributed by atoms with Crippen molar-refractivity contribution in [2.45, 2.75) is 13.5 Å². The van der Waals surface area contributed by atoms with E-state index in [9.17, 15) is 0 Å². The quantitative estimate of drug-likeness (QED) is 0.708. The van der Waals surface area contributed by atoms with Crippen LogP contribution in [0.15, 0.2) is 42.5 Å². The molecule has 0 atom stereocenters. The third-order valence-electron chi connectivity index (χ3n) is 3.98. The molecule has 0 aliphatic heterocycles. The average Bonchev–Trinajstić information content (AvgIpc) is 2.65. The monoisotopic (exact) mass is 374 g/mol. The number of methoxy groups -OCH3 is 3. The number of rotatable bonds is 8. The first-order valence-electron chi connectivity index (χ1n) is 8.39. The summed E-state index contributed by atoms with van der Waals surface area (Å²) in [4.78, 5) is 2.07. The minimum Gasteiger partial charge on any atom is -0.497 e. The Morgan fingerprint density at radius 2 is 1.77 bits per heavy atom. The zero-order valence-electron chi connectivity index (χ0n) is 15.7. The van der Waals surface area contributed by atoms with Gasteiger partial charge in [-0.15, -0.1) is 0 Å². The van der Waals surface area contributed by atoms with Gasteiger partial charge in [0.05, 0.1) is 26.5 Å². The van der Waals surface area contributed by atoms with E-state index in [0.717, 1.165) is 28.3 Å². The number of benzene rings is 2. The normalized spacial score (nSPS) is 10.3. The highest BCUT2D eigenvalue weighted by molar-refractivity contribution is 7.80. The Morgan fingerprint density at radius 1 is 1.04 bits per heavy atom. The Morgan fingerprint density at radius 3 is 2.38 bits per heavy atom. The van der Waals surface area contributed by atoms with Crippen LogP contribution in [-0.2, 0) is 11.3 Å². The number of hydrogen-bond acceptors (Lipinski definition) is 4. The minimum atomic E-state index is 0.586. The van der Waals surface area contributed by atoms with Gasteiger partial charge >= 0.3 is 0 Å². The topological polar surface area (TPSA) is 43.0 Å². The Bertz CT molecular complexity index is 719. The fourth-order valence-corrected chi connectivity index (χ4v) is 2.78. The van der Waals surface area contributed by atoms with Crippen LogP contribution in [0.4, 0.5) is 5.69 Å². The highest BCUT2D eigenvalue weighted by atomic mass is 32.1. The zero-order chi connectivity index (χ0) is 18.9. The van der Waals surface area contributed by atoms with Gasteiger partial charge in [-0.25, -0.2) is 0 Å². The van der Waals surface area contributed by atoms with Gasteiger partial charge in [0.15, 0.2) is 5.11 Å². The smallest absolute Gasteiger partial charge is 0.173 e. The molecule has 6 heteroatoms. The molecule has 2 aromatic rings. The highest BCUT2D eigenvalue weighted by Gasteiger charge is 2.13. The molecule has 0 aromatic heterocycles. The summed E-state index contributed by atoms with van der Waals surface area (Å²) in [6.45, 7) is 3.98. The number of anilines is 1. The third-order valence-corrected chi connectivity index (χ3v) is 4.34. The molecule has 0 saturated heterocycles. The minimum absolute atomic E-state index is 0.586. The lowest BCUT2D eigenvalue weighted by atomic mass is 10.2. The predicted molar refractivity (Wildman–Crippen MR) is 109 cm³/mol. The van der Waals surface area contributed by atoms with Crippen molar-refractivity contribution in [3.63, 3.8) is 0 Å². The van der Waals surface area contributed by atoms with Crippen LogP contribution in [-0.4, -0.2) is 44.5 Å². The number of hydrogen-bond donors (Lipinski definition) is 1. The van der Waals surface area contributed by atoms with Crippen molar-refractivity contribution in [3.8, 4) is 11.5 Å². The first kappa shape index (κ1) is 20.0. The van der Waals surface area contributed by atoms with E-state index < -0.39 is 0 Å². The van der Waals surface area contributed by atoms with Crippen molar-refractivity contribution in [1.82, 2.24) is 4.90 Å². The average molecular weight is 375 g/mol. The molecular formula is C20H26N2O3S. The zero-order valence-corrected chi connectivity index (χ0v) is 16.6. The van der Waals surface area contributed by atoms with Gasteiger partial charge in [0, 0.05) is 20.2 Å². The molecule has 0 amide bonds. The van der Waals surface area contributed by atoms with Crippen molar-refractivity contribution in [1.29, 1.82) is 0 Å². The van der Waals surface area contributed by atoms with Gasteiger partial charge < -0.3 is 24.4 Å². The Balaban J connectivity index is 2.14. The predicted octanol–water partition coefficient (Wildman–Crippen LogP) is 3.86. The first-order chi connectivity index (χ1) is 12.6. The van der Waals surface area contributed by atoms with Crippen molar-refractivity contribution >= 4 is 23.0 Å². The van der Waals surface area contributed by atoms with Crippen molar-refractivity contribution in [2.24, 2.45) is 0 Å². The van der Waals surface area contributed by atoms with Crippen LogP contribution < -0.4 is 14.8 Å². The number of thiocarbonyl (C=S) groups is 1. The van der Waals surface area contributed by atoms with E-state index in [4.69, 9.17) is 26.4 Å². The fraction of sp³-hybridized carbons (Fsp3) is 0.350. The van der Waals surface area contributed by atoms with Gasteiger partial charge in [-0.2, -0.15) is 0 Å². The molecule has 5 nitrogen and oxygen atoms in total. The molecule has 2 aromatic carbocycles. The second-order valence-electron chi connectivity index (χ2n) is 5.90. The van der Waals surface area contributed by atoms with E-state index in [1.165, 1.54) is 0 Å². The van der Waals surface area contributed by atoms with Crippen LogP contribution in [0.3, 0.4) is 0 Å². The molecule has 0 bridgehead atoms. The van der Waals surface area contributed by atoms with Crippen LogP contribution in [0, 0.1) is 6.92 Å². The van der Waals surface area contributed by atoms with E-state index in [1.54, 1.807) is 21.3 Å². The summed E-state index contributed by atoms with van der Waals surface area (Å²) < 4.78 is 15.9. The molecule has 26 heavy (non-hydrogen) atoms. The molecule has 1 N–H and O–H groups in total. The number of aryl methyl sites for hydroxylation is 1. The molecule has 0 aliphatic carbocycles. The lowest BCUT2D eigenvalue weighted by Gasteiger charge is -2.26. The van der Waals surface area contributed by atoms with Gasteiger partial charge in [-0.1, -0.05) is 18.2 Å². The lowest BCUT2D eigenvalue weighted by Crippen LogP contribution is -2.36. The van der Waals surface area contributed by atoms with Crippen molar-refractivity contribution in [2.75, 3.05) is 39.8 Å². The van der Waals surface area contributed by atoms with Gasteiger partial charge in [-0.3, -0.25) is 0 Å². The van der Waals surface area contributed by atoms with E-state index in [0.29, 0.717) is 24.8 Å². The summed E-state index contributed by atoms with van der Waals surface area (Å²) in [5.41, 5.74) is 3.13. The van der Waals surface area contributed by atoms with Crippen LogP contribution in [0.2, 0.25) is 0 Å². The molecule has 0 saturated carbocycles. The number of nitrogens with zero attached hydrogens (tertiary/aromatic N) is 1. The molecular weight excluding hydrogens is 348 g/mol. The van der Waals surface area contributed by atoms with Gasteiger partial charge in [0.1, 0.15) is 11.5 Å². The van der Waals surface area contributed by atoms with Crippen LogP contribution >= 0.6 is 12.2 Å². The molecule has 0 spiro atoms. The van der Waals surface area contributed by atoms with Gasteiger partial charge in [-0.05, 0) is 54.5 Å². The first-order valence-corrected chi connectivity index (χ1v) is 8.80. The van der Waals surface area contributed by atoms with Crippen molar-refractivity contribution < 1.29 is 14.2 Å². The lowest BCUT2D eigenvalue weighted by molar-refractivity contribution is 0.175. The second kappa shape index (κ2) is 9.99. The summed E-state index contributed by atoms with van der Waals surface area (Å²) in [6, 6.07) is 13.9. The molecule has 140 valence electrons. The highest BCUT2D eigenvalue weighted by Crippen LogP contribution is 2.25. The largest absolute Gasteiger partial charge is 0.497 e. The summed E-state index contributed by atoms with van der Waals surface area (Å²) in [7, 11) is 5.00. The third kappa shape index (κ3) is 5.61. The van der Waals surface area contributed by atoms with E-state index in [-0.39, 0.29) is 0 Å². The molecule has 0 aliphatic rings. The Hall–Kier alpha value is -2.31. The summed E-state index contributed by atoms with van der Waals surface area (Å²) in [6.07, 6.45) is 0. The maximum absolute atomic E-state index is 5.65. The van der Waals surface area contributed by atoms with Crippen molar-refractivity contribution in [3.05, 3.63) is 53.6 Å². The van der Waals surface area contributed by atoms with Crippen LogP contribution in [0.1, 0.15) is 11.1 Å². The van der Waals surface area contributed by atoms with E-state index in [2.05, 4.69) is 10.2 Å². The molecule has 0 unspecified atom stereocenters. The standard InChI is InChI=1S/C20H26N2O3S/c1-15-5-10-19(25-4)18(13-15)21-20(26)22(11-12-23-2)14-16-6-8-17(24-3)9-7-16/h5-10,13H,11-12,14H2,1-4H3,(H,21,26). The van der Waals surface area contributed by atoms with E-state index >= 15 is 0 Å². The Kier molecular flexibility index (Phi) is 7.69. The summed E-state index contributed by atoms with van der Waals surface area (Å²) in [5.74, 6) is 1.59. The van der Waals surface area contributed by atoms with Crippen LogP contribution in [0.5, 0.6) is 11.5 Å². The summed E-state index contributed by atoms with van der Waals surface area (Å²) >= 11 is 5.65. The second-order valence-corrected chi connectivity index (χ2v) is 6.28. The maximum atomic E-state index is 5.65.